The number of amides is 1. The van der Waals surface area contributed by atoms with Gasteiger partial charge < -0.3 is 14.8 Å². The van der Waals surface area contributed by atoms with Crippen molar-refractivity contribution in [3.63, 3.8) is 0 Å². The van der Waals surface area contributed by atoms with Gasteiger partial charge in [-0.15, -0.1) is 0 Å². The molecule has 1 amide bonds. The molecule has 5 nitrogen and oxygen atoms in total. The smallest absolute Gasteiger partial charge is 0.254 e. The van der Waals surface area contributed by atoms with Gasteiger partial charge in [-0.25, -0.2) is 4.39 Å². The third-order valence-corrected chi connectivity index (χ3v) is 3.74. The van der Waals surface area contributed by atoms with Crippen molar-refractivity contribution in [2.24, 2.45) is 0 Å². The third-order valence-electron chi connectivity index (χ3n) is 3.35. The van der Waals surface area contributed by atoms with Crippen LogP contribution in [0, 0.1) is 17.1 Å². The molecule has 0 aliphatic carbocycles. The number of methoxy groups -OCH3 is 2. The molecule has 0 fully saturated rings. The standard InChI is InChI=1S/C17H14ClFN2O3/c1-23-10-6-7-11(15(8-10)24-2)14(9-20)21-17(22)12-4-3-5-13(19)16(12)18/h3-8,14H,1-2H3,(H,21,22)/t14-/m1/s1. The second kappa shape index (κ2) is 7.66. The fraction of sp³-hybridized carbons (Fsp3) is 0.176. The highest BCUT2D eigenvalue weighted by Crippen LogP contribution is 2.30. The molecule has 0 unspecified atom stereocenters. The van der Waals surface area contributed by atoms with Gasteiger partial charge in [-0.1, -0.05) is 17.7 Å². The molecule has 2 aromatic rings. The van der Waals surface area contributed by atoms with E-state index in [9.17, 15) is 14.4 Å². The van der Waals surface area contributed by atoms with E-state index < -0.39 is 17.8 Å². The number of halogens is 2. The number of nitriles is 1. The highest BCUT2D eigenvalue weighted by Gasteiger charge is 2.21. The molecule has 0 saturated carbocycles. The molecule has 7 heteroatoms. The van der Waals surface area contributed by atoms with Crippen LogP contribution in [0.5, 0.6) is 11.5 Å². The summed E-state index contributed by atoms with van der Waals surface area (Å²) in [6.07, 6.45) is 0. The number of carbonyl (C=O) groups excluding carboxylic acids is 1. The number of nitrogens with zero attached hydrogens (tertiary/aromatic N) is 1. The zero-order chi connectivity index (χ0) is 17.7. The van der Waals surface area contributed by atoms with E-state index in [1.807, 2.05) is 6.07 Å². The Bertz CT molecular complexity index is 805. The summed E-state index contributed by atoms with van der Waals surface area (Å²) in [6, 6.07) is 9.71. The summed E-state index contributed by atoms with van der Waals surface area (Å²) in [7, 11) is 2.95. The van der Waals surface area contributed by atoms with Crippen molar-refractivity contribution in [3.8, 4) is 17.6 Å². The molecule has 0 radical (unpaired) electrons. The highest BCUT2D eigenvalue weighted by molar-refractivity contribution is 6.34. The van der Waals surface area contributed by atoms with Gasteiger partial charge in [-0.2, -0.15) is 5.26 Å². The van der Waals surface area contributed by atoms with E-state index in [1.165, 1.54) is 26.4 Å². The van der Waals surface area contributed by atoms with E-state index in [-0.39, 0.29) is 10.6 Å². The molecule has 0 saturated heterocycles. The molecule has 1 N–H and O–H groups in total. The van der Waals surface area contributed by atoms with Gasteiger partial charge in [0.15, 0.2) is 0 Å². The van der Waals surface area contributed by atoms with Crippen LogP contribution in [-0.4, -0.2) is 20.1 Å². The van der Waals surface area contributed by atoms with E-state index in [1.54, 1.807) is 18.2 Å². The Morgan fingerprint density at radius 1 is 1.29 bits per heavy atom. The van der Waals surface area contributed by atoms with Crippen LogP contribution in [0.4, 0.5) is 4.39 Å². The molecule has 24 heavy (non-hydrogen) atoms. The summed E-state index contributed by atoms with van der Waals surface area (Å²) in [5.41, 5.74) is 0.395. The van der Waals surface area contributed by atoms with Gasteiger partial charge in [0.25, 0.3) is 5.91 Å². The average Bonchev–Trinajstić information content (AvgIpc) is 2.61. The molecular formula is C17H14ClFN2O3. The fourth-order valence-electron chi connectivity index (χ4n) is 2.12. The van der Waals surface area contributed by atoms with Gasteiger partial charge in [-0.3, -0.25) is 4.79 Å². The quantitative estimate of drug-likeness (QED) is 0.897. The number of benzene rings is 2. The lowest BCUT2D eigenvalue weighted by Crippen LogP contribution is -2.28. The maximum absolute atomic E-state index is 13.5. The average molecular weight is 349 g/mol. The van der Waals surface area contributed by atoms with Gasteiger partial charge in [0, 0.05) is 11.6 Å². The van der Waals surface area contributed by atoms with Gasteiger partial charge in [0.1, 0.15) is 23.4 Å². The van der Waals surface area contributed by atoms with Gasteiger partial charge >= 0.3 is 0 Å². The molecule has 0 bridgehead atoms. The molecule has 0 spiro atoms. The van der Waals surface area contributed by atoms with Crippen molar-refractivity contribution < 1.29 is 18.7 Å². The number of rotatable bonds is 5. The Kier molecular flexibility index (Phi) is 5.61. The Morgan fingerprint density at radius 3 is 2.67 bits per heavy atom. The van der Waals surface area contributed by atoms with E-state index in [0.29, 0.717) is 17.1 Å². The first-order valence-electron chi connectivity index (χ1n) is 6.88. The molecule has 0 aliphatic heterocycles. The zero-order valence-electron chi connectivity index (χ0n) is 13.0. The van der Waals surface area contributed by atoms with Crippen LogP contribution >= 0.6 is 11.6 Å². The zero-order valence-corrected chi connectivity index (χ0v) is 13.7. The molecule has 1 atom stereocenters. The molecular weight excluding hydrogens is 335 g/mol. The largest absolute Gasteiger partial charge is 0.497 e. The Balaban J connectivity index is 2.32. The third kappa shape index (κ3) is 3.58. The molecule has 0 aliphatic rings. The first kappa shape index (κ1) is 17.6. The number of hydrogen-bond acceptors (Lipinski definition) is 4. The summed E-state index contributed by atoms with van der Waals surface area (Å²) in [5.74, 6) is -0.442. The summed E-state index contributed by atoms with van der Waals surface area (Å²) < 4.78 is 23.8. The topological polar surface area (TPSA) is 71.3 Å². The van der Waals surface area contributed by atoms with E-state index in [0.717, 1.165) is 6.07 Å². The van der Waals surface area contributed by atoms with E-state index >= 15 is 0 Å². The van der Waals surface area contributed by atoms with Crippen LogP contribution < -0.4 is 14.8 Å². The predicted molar refractivity (Wildman–Crippen MR) is 86.8 cm³/mol. The maximum atomic E-state index is 13.5. The molecule has 2 rings (SSSR count). The van der Waals surface area contributed by atoms with Crippen LogP contribution in [0.1, 0.15) is 22.0 Å². The van der Waals surface area contributed by atoms with Crippen LogP contribution in [0.2, 0.25) is 5.02 Å². The molecule has 2 aromatic carbocycles. The first-order chi connectivity index (χ1) is 11.5. The van der Waals surface area contributed by atoms with Gasteiger partial charge in [-0.05, 0) is 24.3 Å². The van der Waals surface area contributed by atoms with Crippen molar-refractivity contribution in [1.82, 2.24) is 5.32 Å². The van der Waals surface area contributed by atoms with Gasteiger partial charge in [0.2, 0.25) is 0 Å². The van der Waals surface area contributed by atoms with Crippen molar-refractivity contribution in [2.75, 3.05) is 14.2 Å². The van der Waals surface area contributed by atoms with Crippen LogP contribution in [-0.2, 0) is 0 Å². The molecule has 124 valence electrons. The van der Waals surface area contributed by atoms with Crippen LogP contribution in [0.25, 0.3) is 0 Å². The van der Waals surface area contributed by atoms with E-state index in [2.05, 4.69) is 5.32 Å². The first-order valence-corrected chi connectivity index (χ1v) is 7.26. The minimum atomic E-state index is -1.00. The van der Waals surface area contributed by atoms with Crippen molar-refractivity contribution in [3.05, 3.63) is 58.4 Å². The Morgan fingerprint density at radius 2 is 2.04 bits per heavy atom. The lowest BCUT2D eigenvalue weighted by molar-refractivity contribution is 0.0944. The lowest BCUT2D eigenvalue weighted by Gasteiger charge is -2.16. The normalized spacial score (nSPS) is 11.3. The van der Waals surface area contributed by atoms with E-state index in [4.69, 9.17) is 21.1 Å². The Labute approximate surface area is 143 Å². The van der Waals surface area contributed by atoms with Crippen molar-refractivity contribution in [2.45, 2.75) is 6.04 Å². The molecule has 0 heterocycles. The summed E-state index contributed by atoms with van der Waals surface area (Å²) in [5, 5.41) is 11.6. The minimum absolute atomic E-state index is 0.0515. The highest BCUT2D eigenvalue weighted by atomic mass is 35.5. The minimum Gasteiger partial charge on any atom is -0.497 e. The fourth-order valence-corrected chi connectivity index (χ4v) is 2.34. The SMILES string of the molecule is COc1ccc([C@@H](C#N)NC(=O)c2cccc(F)c2Cl)c(OC)c1. The summed E-state index contributed by atoms with van der Waals surface area (Å²) >= 11 is 5.80. The predicted octanol–water partition coefficient (Wildman–Crippen LogP) is 3.49. The number of hydrogen-bond donors (Lipinski definition) is 1. The second-order valence-electron chi connectivity index (χ2n) is 4.74. The Hall–Kier alpha value is -2.78. The van der Waals surface area contributed by atoms with Crippen LogP contribution in [0.15, 0.2) is 36.4 Å². The maximum Gasteiger partial charge on any atom is 0.254 e. The van der Waals surface area contributed by atoms with Gasteiger partial charge in [0.05, 0.1) is 30.9 Å². The van der Waals surface area contributed by atoms with Crippen LogP contribution in [0.3, 0.4) is 0 Å². The monoisotopic (exact) mass is 348 g/mol. The number of nitrogens with one attached hydrogen (secondary N) is 1. The summed E-state index contributed by atoms with van der Waals surface area (Å²) in [4.78, 5) is 12.3. The number of ether oxygens (including phenoxy) is 2. The van der Waals surface area contributed by atoms with Crippen molar-refractivity contribution >= 4 is 17.5 Å². The number of carbonyl (C=O) groups is 1. The lowest BCUT2D eigenvalue weighted by atomic mass is 10.1. The second-order valence-corrected chi connectivity index (χ2v) is 5.12. The van der Waals surface area contributed by atoms with Crippen molar-refractivity contribution in [1.29, 1.82) is 5.26 Å². The summed E-state index contributed by atoms with van der Waals surface area (Å²) in [6.45, 7) is 0. The molecule has 0 aromatic heterocycles.